The number of para-hydroxylation sites is 1. The normalized spacial score (nSPS) is 10.8. The second-order valence-electron chi connectivity index (χ2n) is 4.61. The van der Waals surface area contributed by atoms with Gasteiger partial charge in [-0.1, -0.05) is 54.1 Å². The lowest BCUT2D eigenvalue weighted by Crippen LogP contribution is -1.88. The Kier molecular flexibility index (Phi) is 2.92. The van der Waals surface area contributed by atoms with Crippen molar-refractivity contribution in [2.24, 2.45) is 0 Å². The van der Waals surface area contributed by atoms with E-state index in [1.165, 1.54) is 0 Å². The van der Waals surface area contributed by atoms with Crippen LogP contribution in [-0.4, -0.2) is 5.11 Å². The number of phenolic OH excluding ortho intramolecular Hbond substituents is 1. The van der Waals surface area contributed by atoms with Crippen molar-refractivity contribution in [1.29, 1.82) is 0 Å². The summed E-state index contributed by atoms with van der Waals surface area (Å²) < 4.78 is 0. The van der Waals surface area contributed by atoms with E-state index in [-0.39, 0.29) is 5.75 Å². The predicted octanol–water partition coefficient (Wildman–Crippen LogP) is 5.17. The number of aryl methyl sites for hydroxylation is 1. The lowest BCUT2D eigenvalue weighted by molar-refractivity contribution is 0.477. The van der Waals surface area contributed by atoms with E-state index in [0.717, 1.165) is 32.5 Å². The summed E-state index contributed by atoms with van der Waals surface area (Å²) >= 11 is 6.30. The molecule has 0 heterocycles. The van der Waals surface area contributed by atoms with Crippen LogP contribution in [0.3, 0.4) is 0 Å². The van der Waals surface area contributed by atoms with Crippen molar-refractivity contribution in [2.45, 2.75) is 6.92 Å². The highest BCUT2D eigenvalue weighted by molar-refractivity contribution is 6.36. The first-order chi connectivity index (χ1) is 9.18. The zero-order valence-electron chi connectivity index (χ0n) is 10.5. The monoisotopic (exact) mass is 268 g/mol. The molecule has 0 aliphatic rings. The summed E-state index contributed by atoms with van der Waals surface area (Å²) in [5.41, 5.74) is 2.94. The Labute approximate surface area is 117 Å². The van der Waals surface area contributed by atoms with E-state index in [1.54, 1.807) is 6.07 Å². The summed E-state index contributed by atoms with van der Waals surface area (Å²) in [7, 11) is 0. The Morgan fingerprint density at radius 2 is 1.53 bits per heavy atom. The molecule has 0 bridgehead atoms. The number of aromatic hydroxyl groups is 1. The van der Waals surface area contributed by atoms with Gasteiger partial charge >= 0.3 is 0 Å². The van der Waals surface area contributed by atoms with Crippen LogP contribution >= 0.6 is 11.6 Å². The third-order valence-corrected chi connectivity index (χ3v) is 3.68. The number of hydrogen-bond acceptors (Lipinski definition) is 1. The van der Waals surface area contributed by atoms with Gasteiger partial charge in [-0.05, 0) is 35.6 Å². The van der Waals surface area contributed by atoms with E-state index >= 15 is 0 Å². The molecule has 94 valence electrons. The lowest BCUT2D eigenvalue weighted by Gasteiger charge is -2.13. The fraction of sp³-hybridized carbons (Fsp3) is 0.0588. The maximum Gasteiger partial charge on any atom is 0.123 e. The van der Waals surface area contributed by atoms with Gasteiger partial charge in [-0.25, -0.2) is 0 Å². The molecule has 0 saturated heterocycles. The largest absolute Gasteiger partial charge is 0.507 e. The van der Waals surface area contributed by atoms with Gasteiger partial charge in [0, 0.05) is 16.0 Å². The summed E-state index contributed by atoms with van der Waals surface area (Å²) in [6, 6.07) is 17.3. The van der Waals surface area contributed by atoms with Gasteiger partial charge < -0.3 is 5.11 Å². The first kappa shape index (κ1) is 12.1. The third kappa shape index (κ3) is 1.96. The van der Waals surface area contributed by atoms with Crippen molar-refractivity contribution in [3.8, 4) is 16.9 Å². The first-order valence-corrected chi connectivity index (χ1v) is 6.52. The van der Waals surface area contributed by atoms with Crippen molar-refractivity contribution in [2.75, 3.05) is 0 Å². The molecule has 0 unspecified atom stereocenters. The summed E-state index contributed by atoms with van der Waals surface area (Å²) in [5.74, 6) is 0.290. The maximum atomic E-state index is 10.1. The molecule has 0 amide bonds. The van der Waals surface area contributed by atoms with E-state index < -0.39 is 0 Å². The minimum atomic E-state index is 0.290. The summed E-state index contributed by atoms with van der Waals surface area (Å²) in [5, 5.41) is 12.9. The topological polar surface area (TPSA) is 20.2 Å². The van der Waals surface area contributed by atoms with Gasteiger partial charge in [0.2, 0.25) is 0 Å². The molecule has 3 aromatic carbocycles. The highest BCUT2D eigenvalue weighted by atomic mass is 35.5. The van der Waals surface area contributed by atoms with Gasteiger partial charge in [-0.3, -0.25) is 0 Å². The molecule has 0 aliphatic carbocycles. The van der Waals surface area contributed by atoms with Crippen LogP contribution in [0, 0.1) is 6.92 Å². The average molecular weight is 269 g/mol. The standard InChI is InChI=1S/C17H13ClO/c1-11-10-15(18)12-6-2-3-7-13(12)17(11)14-8-4-5-9-16(14)19/h2-10,19H,1H3. The lowest BCUT2D eigenvalue weighted by atomic mass is 9.93. The van der Waals surface area contributed by atoms with Crippen LogP contribution < -0.4 is 0 Å². The van der Waals surface area contributed by atoms with Crippen LogP contribution in [-0.2, 0) is 0 Å². The van der Waals surface area contributed by atoms with Crippen molar-refractivity contribution in [1.82, 2.24) is 0 Å². The van der Waals surface area contributed by atoms with Crippen LogP contribution in [0.5, 0.6) is 5.75 Å². The minimum Gasteiger partial charge on any atom is -0.507 e. The van der Waals surface area contributed by atoms with Crippen LogP contribution in [0.25, 0.3) is 21.9 Å². The molecule has 0 spiro atoms. The first-order valence-electron chi connectivity index (χ1n) is 6.14. The SMILES string of the molecule is Cc1cc(Cl)c2ccccc2c1-c1ccccc1O. The Morgan fingerprint density at radius 3 is 2.26 bits per heavy atom. The van der Waals surface area contributed by atoms with Crippen LogP contribution in [0.1, 0.15) is 5.56 Å². The Balaban J connectivity index is 2.45. The van der Waals surface area contributed by atoms with Crippen LogP contribution in [0.4, 0.5) is 0 Å². The number of phenols is 1. The molecule has 19 heavy (non-hydrogen) atoms. The Bertz CT molecular complexity index is 762. The fourth-order valence-corrected chi connectivity index (χ4v) is 2.83. The Hall–Kier alpha value is -1.99. The van der Waals surface area contributed by atoms with E-state index in [0.29, 0.717) is 0 Å². The number of fused-ring (bicyclic) bond motifs is 1. The third-order valence-electron chi connectivity index (χ3n) is 3.36. The van der Waals surface area contributed by atoms with Gasteiger partial charge in [-0.15, -0.1) is 0 Å². The second-order valence-corrected chi connectivity index (χ2v) is 5.02. The van der Waals surface area contributed by atoms with Crippen molar-refractivity contribution in [3.05, 3.63) is 65.2 Å². The highest BCUT2D eigenvalue weighted by Crippen LogP contribution is 2.39. The molecule has 1 nitrogen and oxygen atoms in total. The van der Waals surface area contributed by atoms with E-state index in [9.17, 15) is 5.11 Å². The van der Waals surface area contributed by atoms with Gasteiger partial charge in [0.1, 0.15) is 5.75 Å². The maximum absolute atomic E-state index is 10.1. The molecule has 3 aromatic rings. The van der Waals surface area contributed by atoms with Gasteiger partial charge in [-0.2, -0.15) is 0 Å². The number of halogens is 1. The van der Waals surface area contributed by atoms with Gasteiger partial charge in [0.15, 0.2) is 0 Å². The van der Waals surface area contributed by atoms with Gasteiger partial charge in [0.05, 0.1) is 0 Å². The molecular formula is C17H13ClO. The van der Waals surface area contributed by atoms with Crippen molar-refractivity contribution in [3.63, 3.8) is 0 Å². The summed E-state index contributed by atoms with van der Waals surface area (Å²) in [6.45, 7) is 2.01. The molecule has 0 atom stereocenters. The molecule has 2 heteroatoms. The van der Waals surface area contributed by atoms with E-state index in [2.05, 4.69) is 0 Å². The number of hydrogen-bond donors (Lipinski definition) is 1. The fourth-order valence-electron chi connectivity index (χ4n) is 2.50. The van der Waals surface area contributed by atoms with Crippen LogP contribution in [0.15, 0.2) is 54.6 Å². The summed E-state index contributed by atoms with van der Waals surface area (Å²) in [6.07, 6.45) is 0. The molecule has 0 aliphatic heterocycles. The van der Waals surface area contributed by atoms with Gasteiger partial charge in [0.25, 0.3) is 0 Å². The van der Waals surface area contributed by atoms with Crippen molar-refractivity contribution < 1.29 is 5.11 Å². The molecular weight excluding hydrogens is 256 g/mol. The Morgan fingerprint density at radius 1 is 0.895 bits per heavy atom. The zero-order chi connectivity index (χ0) is 13.4. The highest BCUT2D eigenvalue weighted by Gasteiger charge is 2.12. The smallest absolute Gasteiger partial charge is 0.123 e. The second kappa shape index (κ2) is 4.60. The van der Waals surface area contributed by atoms with Crippen LogP contribution in [0.2, 0.25) is 5.02 Å². The van der Waals surface area contributed by atoms with E-state index in [1.807, 2.05) is 55.5 Å². The number of rotatable bonds is 1. The molecule has 0 saturated carbocycles. The van der Waals surface area contributed by atoms with E-state index in [4.69, 9.17) is 11.6 Å². The minimum absolute atomic E-state index is 0.290. The molecule has 0 fully saturated rings. The zero-order valence-corrected chi connectivity index (χ0v) is 11.3. The molecule has 0 radical (unpaired) electrons. The number of benzene rings is 3. The molecule has 3 rings (SSSR count). The quantitative estimate of drug-likeness (QED) is 0.645. The summed E-state index contributed by atoms with van der Waals surface area (Å²) in [4.78, 5) is 0. The average Bonchev–Trinajstić information content (AvgIpc) is 2.41. The molecule has 0 aromatic heterocycles. The van der Waals surface area contributed by atoms with Crippen molar-refractivity contribution >= 4 is 22.4 Å². The molecule has 1 N–H and O–H groups in total. The predicted molar refractivity (Wildman–Crippen MR) is 80.8 cm³/mol.